The van der Waals surface area contributed by atoms with Gasteiger partial charge in [0, 0.05) is 7.05 Å². The summed E-state index contributed by atoms with van der Waals surface area (Å²) >= 11 is 5.51. The van der Waals surface area contributed by atoms with Gasteiger partial charge < -0.3 is 0 Å². The zero-order valence-corrected chi connectivity index (χ0v) is 7.99. The molecule has 0 atom stereocenters. The molecule has 0 fully saturated rings. The van der Waals surface area contributed by atoms with Crippen LogP contribution in [0.4, 0.5) is 4.39 Å². The van der Waals surface area contributed by atoms with Crippen LogP contribution in [-0.4, -0.2) is 8.42 Å². The standard InChI is InChI=1S/C7H6ClFNO2S/c1-10-13(11,12)7-5(8)3-2-4-6(7)9/h2-4,10H,1H2. The second-order valence-electron chi connectivity index (χ2n) is 2.20. The smallest absolute Gasteiger partial charge is 0.210 e. The van der Waals surface area contributed by atoms with Crippen molar-refractivity contribution in [2.24, 2.45) is 0 Å². The van der Waals surface area contributed by atoms with Gasteiger partial charge in [0.1, 0.15) is 10.7 Å². The third-order valence-corrected chi connectivity index (χ3v) is 3.14. The van der Waals surface area contributed by atoms with E-state index in [9.17, 15) is 12.8 Å². The molecule has 3 nitrogen and oxygen atoms in total. The van der Waals surface area contributed by atoms with Crippen LogP contribution in [0, 0.1) is 12.9 Å². The number of hydrogen-bond donors (Lipinski definition) is 1. The van der Waals surface area contributed by atoms with E-state index in [1.165, 1.54) is 12.1 Å². The molecule has 0 bridgehead atoms. The lowest BCUT2D eigenvalue weighted by molar-refractivity contribution is 0.563. The summed E-state index contributed by atoms with van der Waals surface area (Å²) in [6, 6.07) is 3.62. The maximum atomic E-state index is 13.0. The van der Waals surface area contributed by atoms with Crippen molar-refractivity contribution in [1.82, 2.24) is 4.72 Å². The molecule has 0 saturated carbocycles. The number of hydrogen-bond acceptors (Lipinski definition) is 2. The molecular formula is C7H6ClFNO2S. The lowest BCUT2D eigenvalue weighted by atomic mass is 10.3. The van der Waals surface area contributed by atoms with Gasteiger partial charge in [0.05, 0.1) is 5.02 Å². The SMILES string of the molecule is [CH2]NS(=O)(=O)c1c(F)cccc1Cl. The van der Waals surface area contributed by atoms with Crippen LogP contribution in [0.15, 0.2) is 23.1 Å². The fraction of sp³-hybridized carbons (Fsp3) is 0. The van der Waals surface area contributed by atoms with E-state index in [0.29, 0.717) is 0 Å². The average Bonchev–Trinajstić information content (AvgIpc) is 2.03. The van der Waals surface area contributed by atoms with Crippen molar-refractivity contribution in [2.75, 3.05) is 0 Å². The van der Waals surface area contributed by atoms with Gasteiger partial charge in [-0.25, -0.2) is 17.5 Å². The quantitative estimate of drug-likeness (QED) is 0.825. The highest BCUT2D eigenvalue weighted by molar-refractivity contribution is 7.89. The van der Waals surface area contributed by atoms with E-state index in [1.54, 1.807) is 4.72 Å². The largest absolute Gasteiger partial charge is 0.245 e. The van der Waals surface area contributed by atoms with Crippen LogP contribution in [-0.2, 0) is 10.0 Å². The summed E-state index contributed by atoms with van der Waals surface area (Å²) in [5.74, 6) is -0.899. The number of benzene rings is 1. The highest BCUT2D eigenvalue weighted by atomic mass is 35.5. The van der Waals surface area contributed by atoms with Crippen molar-refractivity contribution in [1.29, 1.82) is 0 Å². The van der Waals surface area contributed by atoms with Gasteiger partial charge in [-0.3, -0.25) is 0 Å². The van der Waals surface area contributed by atoms with E-state index in [4.69, 9.17) is 11.6 Å². The van der Waals surface area contributed by atoms with Gasteiger partial charge >= 0.3 is 0 Å². The average molecular weight is 223 g/mol. The van der Waals surface area contributed by atoms with E-state index in [2.05, 4.69) is 7.05 Å². The van der Waals surface area contributed by atoms with Crippen molar-refractivity contribution in [3.63, 3.8) is 0 Å². The molecular weight excluding hydrogens is 217 g/mol. The first kappa shape index (κ1) is 10.4. The van der Waals surface area contributed by atoms with Crippen molar-refractivity contribution in [3.8, 4) is 0 Å². The lowest BCUT2D eigenvalue weighted by Gasteiger charge is -2.04. The van der Waals surface area contributed by atoms with Crippen LogP contribution >= 0.6 is 11.6 Å². The molecule has 0 unspecified atom stereocenters. The van der Waals surface area contributed by atoms with Crippen molar-refractivity contribution in [3.05, 3.63) is 36.1 Å². The molecule has 0 spiro atoms. The Morgan fingerprint density at radius 2 is 2.08 bits per heavy atom. The highest BCUT2D eigenvalue weighted by Crippen LogP contribution is 2.23. The van der Waals surface area contributed by atoms with E-state index in [1.807, 2.05) is 0 Å². The van der Waals surface area contributed by atoms with Gasteiger partial charge in [-0.05, 0) is 12.1 Å². The minimum absolute atomic E-state index is 0.170. The van der Waals surface area contributed by atoms with Crippen molar-refractivity contribution >= 4 is 21.6 Å². The molecule has 71 valence electrons. The Hall–Kier alpha value is -0.650. The molecule has 0 saturated heterocycles. The molecule has 0 aliphatic heterocycles. The molecule has 6 heteroatoms. The monoisotopic (exact) mass is 222 g/mol. The molecule has 1 N–H and O–H groups in total. The van der Waals surface area contributed by atoms with Gasteiger partial charge in [-0.2, -0.15) is 0 Å². The summed E-state index contributed by atoms with van der Waals surface area (Å²) in [7, 11) is -0.975. The van der Waals surface area contributed by atoms with Gasteiger partial charge in [0.25, 0.3) is 0 Å². The van der Waals surface area contributed by atoms with Crippen LogP contribution in [0.1, 0.15) is 0 Å². The van der Waals surface area contributed by atoms with Gasteiger partial charge in [-0.15, -0.1) is 0 Å². The molecule has 0 amide bonds. The molecule has 0 heterocycles. The summed E-state index contributed by atoms with van der Waals surface area (Å²) in [5, 5.41) is -0.170. The number of rotatable bonds is 2. The van der Waals surface area contributed by atoms with Crippen LogP contribution in [0.3, 0.4) is 0 Å². The van der Waals surface area contributed by atoms with Crippen molar-refractivity contribution < 1.29 is 12.8 Å². The number of halogens is 2. The normalized spacial score (nSPS) is 11.6. The Morgan fingerprint density at radius 1 is 1.46 bits per heavy atom. The van der Waals surface area contributed by atoms with E-state index in [0.717, 1.165) is 6.07 Å². The fourth-order valence-corrected chi connectivity index (χ4v) is 2.07. The minimum Gasteiger partial charge on any atom is -0.210 e. The van der Waals surface area contributed by atoms with Gasteiger partial charge in [0.2, 0.25) is 10.0 Å². The predicted octanol–water partition coefficient (Wildman–Crippen LogP) is 1.55. The van der Waals surface area contributed by atoms with E-state index < -0.39 is 20.7 Å². The summed E-state index contributed by atoms with van der Waals surface area (Å²) in [6.07, 6.45) is 0. The zero-order valence-electron chi connectivity index (χ0n) is 6.42. The van der Waals surface area contributed by atoms with Crippen LogP contribution in [0.25, 0.3) is 0 Å². The maximum absolute atomic E-state index is 13.0. The Labute approximate surface area is 80.6 Å². The molecule has 0 aromatic heterocycles. The van der Waals surface area contributed by atoms with Crippen LogP contribution in [0.2, 0.25) is 5.02 Å². The summed E-state index contributed by atoms with van der Waals surface area (Å²) in [5.41, 5.74) is 0. The Bertz CT molecular complexity index is 398. The fourth-order valence-electron chi connectivity index (χ4n) is 0.811. The first-order valence-electron chi connectivity index (χ1n) is 3.22. The second-order valence-corrected chi connectivity index (χ2v) is 4.31. The van der Waals surface area contributed by atoms with Gasteiger partial charge in [-0.1, -0.05) is 17.7 Å². The number of nitrogens with one attached hydrogen (secondary N) is 1. The summed E-state index contributed by atoms with van der Waals surface area (Å²) in [6.45, 7) is 0. The molecule has 1 aromatic rings. The third kappa shape index (κ3) is 1.99. The summed E-state index contributed by atoms with van der Waals surface area (Å²) in [4.78, 5) is -0.577. The molecule has 13 heavy (non-hydrogen) atoms. The molecule has 0 aliphatic carbocycles. The lowest BCUT2D eigenvalue weighted by Crippen LogP contribution is -2.18. The molecule has 1 aromatic carbocycles. The van der Waals surface area contributed by atoms with E-state index >= 15 is 0 Å². The van der Waals surface area contributed by atoms with E-state index in [-0.39, 0.29) is 5.02 Å². The predicted molar refractivity (Wildman–Crippen MR) is 47.1 cm³/mol. The maximum Gasteiger partial charge on any atom is 0.245 e. The molecule has 1 radical (unpaired) electrons. The first-order valence-corrected chi connectivity index (χ1v) is 5.08. The zero-order chi connectivity index (χ0) is 10.1. The minimum atomic E-state index is -3.93. The highest BCUT2D eigenvalue weighted by Gasteiger charge is 2.20. The second kappa shape index (κ2) is 3.61. The summed E-state index contributed by atoms with van der Waals surface area (Å²) < 4.78 is 37.0. The topological polar surface area (TPSA) is 46.2 Å². The number of sulfonamides is 1. The van der Waals surface area contributed by atoms with Crippen LogP contribution in [0.5, 0.6) is 0 Å². The first-order chi connectivity index (χ1) is 5.99. The molecule has 1 rings (SSSR count). The molecule has 0 aliphatic rings. The Balaban J connectivity index is 3.46. The Kier molecular flexibility index (Phi) is 2.90. The Morgan fingerprint density at radius 3 is 2.54 bits per heavy atom. The van der Waals surface area contributed by atoms with Crippen LogP contribution < -0.4 is 4.72 Å². The van der Waals surface area contributed by atoms with Crippen molar-refractivity contribution in [2.45, 2.75) is 4.90 Å². The van der Waals surface area contributed by atoms with Gasteiger partial charge in [0.15, 0.2) is 0 Å². The third-order valence-electron chi connectivity index (χ3n) is 1.38.